The largest absolute Gasteiger partial charge is 0.328 e. The average Bonchev–Trinajstić information content (AvgIpc) is 3.32. The molecule has 1 fully saturated rings. The standard InChI is InChI=1S/C18H18N4O2S/c23-16-12-14(20-22(16)13-6-2-1-3-7-13)18(24)21-10-5-4-8-15(21)17-19-9-11-25-17/h1-3,6-7,9,11-12,15,20H,4-5,8,10H2. The summed E-state index contributed by atoms with van der Waals surface area (Å²) < 4.78 is 1.40. The third-order valence-corrected chi connectivity index (χ3v) is 5.34. The summed E-state index contributed by atoms with van der Waals surface area (Å²) in [5, 5.41) is 5.84. The van der Waals surface area contributed by atoms with Gasteiger partial charge in [0.15, 0.2) is 0 Å². The van der Waals surface area contributed by atoms with E-state index in [0.29, 0.717) is 17.9 Å². The van der Waals surface area contributed by atoms with Gasteiger partial charge in [-0.2, -0.15) is 0 Å². The number of hydrogen-bond acceptors (Lipinski definition) is 4. The Bertz CT molecular complexity index is 914. The molecule has 1 N–H and O–H groups in total. The third kappa shape index (κ3) is 3.02. The fourth-order valence-electron chi connectivity index (χ4n) is 3.26. The van der Waals surface area contributed by atoms with E-state index in [4.69, 9.17) is 0 Å². The monoisotopic (exact) mass is 354 g/mol. The van der Waals surface area contributed by atoms with Crippen LogP contribution >= 0.6 is 11.3 Å². The predicted octanol–water partition coefficient (Wildman–Crippen LogP) is 2.99. The summed E-state index contributed by atoms with van der Waals surface area (Å²) >= 11 is 1.57. The van der Waals surface area contributed by atoms with Crippen LogP contribution in [0.5, 0.6) is 0 Å². The van der Waals surface area contributed by atoms with Crippen molar-refractivity contribution in [2.24, 2.45) is 0 Å². The first kappa shape index (κ1) is 15.8. The highest BCUT2D eigenvalue weighted by molar-refractivity contribution is 7.09. The first-order valence-corrected chi connectivity index (χ1v) is 9.20. The lowest BCUT2D eigenvalue weighted by Crippen LogP contribution is -2.38. The summed E-state index contributed by atoms with van der Waals surface area (Å²) in [6.07, 6.45) is 4.72. The summed E-state index contributed by atoms with van der Waals surface area (Å²) in [4.78, 5) is 31.5. The fourth-order valence-corrected chi connectivity index (χ4v) is 4.04. The SMILES string of the molecule is O=C(c1cc(=O)n(-c2ccccc2)[nH]1)N1CCCCC1c1nccs1. The molecule has 0 aliphatic carbocycles. The van der Waals surface area contributed by atoms with Gasteiger partial charge in [-0.15, -0.1) is 11.3 Å². The van der Waals surface area contributed by atoms with Crippen LogP contribution in [0, 0.1) is 0 Å². The fraction of sp³-hybridized carbons (Fsp3) is 0.278. The smallest absolute Gasteiger partial charge is 0.272 e. The van der Waals surface area contributed by atoms with Crippen molar-refractivity contribution in [1.29, 1.82) is 0 Å². The summed E-state index contributed by atoms with van der Waals surface area (Å²) in [6.45, 7) is 0.682. The van der Waals surface area contributed by atoms with E-state index in [1.165, 1.54) is 10.7 Å². The van der Waals surface area contributed by atoms with Gasteiger partial charge in [0.2, 0.25) is 0 Å². The molecule has 0 bridgehead atoms. The van der Waals surface area contributed by atoms with Gasteiger partial charge in [0, 0.05) is 24.2 Å². The Morgan fingerprint density at radius 3 is 2.84 bits per heavy atom. The molecule has 2 aromatic heterocycles. The minimum absolute atomic E-state index is 0.00942. The highest BCUT2D eigenvalue weighted by Crippen LogP contribution is 2.32. The van der Waals surface area contributed by atoms with Gasteiger partial charge in [0.1, 0.15) is 10.7 Å². The third-order valence-electron chi connectivity index (χ3n) is 4.47. The Morgan fingerprint density at radius 1 is 1.24 bits per heavy atom. The molecule has 1 aliphatic heterocycles. The van der Waals surface area contributed by atoms with Crippen LogP contribution in [0.4, 0.5) is 0 Å². The molecule has 1 unspecified atom stereocenters. The summed E-state index contributed by atoms with van der Waals surface area (Å²) in [5.74, 6) is -0.147. The van der Waals surface area contributed by atoms with Crippen LogP contribution in [-0.2, 0) is 0 Å². The minimum atomic E-state index is -0.239. The van der Waals surface area contributed by atoms with E-state index >= 15 is 0 Å². The van der Waals surface area contributed by atoms with Crippen LogP contribution in [0.25, 0.3) is 5.69 Å². The average molecular weight is 354 g/mol. The molecule has 3 aromatic rings. The lowest BCUT2D eigenvalue weighted by Gasteiger charge is -2.34. The zero-order valence-corrected chi connectivity index (χ0v) is 14.4. The van der Waals surface area contributed by atoms with Crippen LogP contribution in [0.3, 0.4) is 0 Å². The topological polar surface area (TPSA) is 71.0 Å². The number of hydrogen-bond donors (Lipinski definition) is 1. The molecule has 1 aromatic carbocycles. The minimum Gasteiger partial charge on any atom is -0.328 e. The molecular weight excluding hydrogens is 336 g/mol. The Labute approximate surface area is 148 Å². The zero-order valence-electron chi connectivity index (χ0n) is 13.6. The van der Waals surface area contributed by atoms with Gasteiger partial charge in [0.05, 0.1) is 11.7 Å². The van der Waals surface area contributed by atoms with Gasteiger partial charge in [-0.1, -0.05) is 18.2 Å². The van der Waals surface area contributed by atoms with E-state index in [1.807, 2.05) is 40.6 Å². The molecule has 1 amide bonds. The van der Waals surface area contributed by atoms with E-state index in [0.717, 1.165) is 24.3 Å². The van der Waals surface area contributed by atoms with E-state index in [-0.39, 0.29) is 17.5 Å². The van der Waals surface area contributed by atoms with Crippen molar-refractivity contribution in [3.63, 3.8) is 0 Å². The maximum atomic E-state index is 13.0. The van der Waals surface area contributed by atoms with Gasteiger partial charge in [0.25, 0.3) is 11.5 Å². The maximum Gasteiger partial charge on any atom is 0.272 e. The lowest BCUT2D eigenvalue weighted by atomic mass is 10.0. The second-order valence-corrected chi connectivity index (χ2v) is 6.99. The number of thiazole rings is 1. The van der Waals surface area contributed by atoms with Gasteiger partial charge in [-0.05, 0) is 31.4 Å². The number of nitrogens with zero attached hydrogens (tertiary/aromatic N) is 3. The number of aromatic nitrogens is 3. The van der Waals surface area contributed by atoms with Crippen molar-refractivity contribution in [3.05, 3.63) is 69.0 Å². The molecule has 3 heterocycles. The molecule has 1 saturated heterocycles. The number of para-hydroxylation sites is 1. The summed E-state index contributed by atoms with van der Waals surface area (Å²) in [7, 11) is 0. The number of amides is 1. The van der Waals surface area contributed by atoms with Crippen LogP contribution in [0.2, 0.25) is 0 Å². The quantitative estimate of drug-likeness (QED) is 0.786. The Hall–Kier alpha value is -2.67. The molecule has 4 rings (SSSR count). The van der Waals surface area contributed by atoms with Crippen molar-refractivity contribution in [1.82, 2.24) is 19.7 Å². The van der Waals surface area contributed by atoms with Gasteiger partial charge in [-0.25, -0.2) is 9.67 Å². The molecule has 0 saturated carbocycles. The van der Waals surface area contributed by atoms with E-state index in [1.54, 1.807) is 17.5 Å². The molecular formula is C18H18N4O2S. The zero-order chi connectivity index (χ0) is 17.2. The molecule has 7 heteroatoms. The predicted molar refractivity (Wildman–Crippen MR) is 96.1 cm³/mol. The van der Waals surface area contributed by atoms with Crippen molar-refractivity contribution >= 4 is 17.2 Å². The summed E-state index contributed by atoms with van der Waals surface area (Å²) in [6, 6.07) is 10.6. The molecule has 128 valence electrons. The van der Waals surface area contributed by atoms with Crippen LogP contribution in [0.15, 0.2) is 52.8 Å². The number of benzene rings is 1. The number of rotatable bonds is 3. The number of H-pyrrole nitrogens is 1. The van der Waals surface area contributed by atoms with Gasteiger partial charge >= 0.3 is 0 Å². The van der Waals surface area contributed by atoms with Gasteiger partial charge < -0.3 is 4.90 Å². The molecule has 1 atom stereocenters. The highest BCUT2D eigenvalue weighted by atomic mass is 32.1. The Balaban J connectivity index is 1.65. The Kier molecular flexibility index (Phi) is 4.23. The molecule has 0 radical (unpaired) electrons. The van der Waals surface area contributed by atoms with Crippen molar-refractivity contribution in [3.8, 4) is 5.69 Å². The second-order valence-electron chi connectivity index (χ2n) is 6.06. The second kappa shape index (κ2) is 6.68. The lowest BCUT2D eigenvalue weighted by molar-refractivity contribution is 0.0604. The molecule has 25 heavy (non-hydrogen) atoms. The first-order valence-electron chi connectivity index (χ1n) is 8.32. The number of aromatic amines is 1. The summed E-state index contributed by atoms with van der Waals surface area (Å²) in [5.41, 5.74) is 0.788. The van der Waals surface area contributed by atoms with Crippen molar-refractivity contribution in [2.75, 3.05) is 6.54 Å². The van der Waals surface area contributed by atoms with Crippen molar-refractivity contribution in [2.45, 2.75) is 25.3 Å². The molecule has 0 spiro atoms. The van der Waals surface area contributed by atoms with Crippen LogP contribution in [0.1, 0.15) is 40.8 Å². The number of nitrogens with one attached hydrogen (secondary N) is 1. The number of carbonyl (C=O) groups excluding carboxylic acids is 1. The number of likely N-dealkylation sites (tertiary alicyclic amines) is 1. The normalized spacial score (nSPS) is 17.6. The Morgan fingerprint density at radius 2 is 2.08 bits per heavy atom. The molecule has 6 nitrogen and oxygen atoms in total. The molecule has 1 aliphatic rings. The van der Waals surface area contributed by atoms with Crippen LogP contribution in [-0.4, -0.2) is 32.1 Å². The van der Waals surface area contributed by atoms with E-state index in [9.17, 15) is 9.59 Å². The van der Waals surface area contributed by atoms with E-state index in [2.05, 4.69) is 10.1 Å². The first-order chi connectivity index (χ1) is 12.2. The van der Waals surface area contributed by atoms with Crippen LogP contribution < -0.4 is 5.56 Å². The van der Waals surface area contributed by atoms with Crippen molar-refractivity contribution < 1.29 is 4.79 Å². The van der Waals surface area contributed by atoms with Gasteiger partial charge in [-0.3, -0.25) is 14.7 Å². The number of piperidine rings is 1. The highest BCUT2D eigenvalue weighted by Gasteiger charge is 2.31. The number of carbonyl (C=O) groups is 1. The van der Waals surface area contributed by atoms with E-state index < -0.39 is 0 Å². The maximum absolute atomic E-state index is 13.0.